The summed E-state index contributed by atoms with van der Waals surface area (Å²) in [4.78, 5) is 30.5. The van der Waals surface area contributed by atoms with Crippen LogP contribution in [0.5, 0.6) is 0 Å². The van der Waals surface area contributed by atoms with Crippen molar-refractivity contribution in [1.29, 1.82) is 0 Å². The molecule has 0 aliphatic carbocycles. The zero-order valence-corrected chi connectivity index (χ0v) is 17.0. The first-order valence-electron chi connectivity index (χ1n) is 8.58. The monoisotopic (exact) mass is 460 g/mol. The number of aromatic nitrogens is 1. The Morgan fingerprint density at radius 3 is 2.48 bits per heavy atom. The van der Waals surface area contributed by atoms with Crippen molar-refractivity contribution in [3.63, 3.8) is 0 Å². The summed E-state index contributed by atoms with van der Waals surface area (Å²) in [5, 5.41) is 7.33. The van der Waals surface area contributed by atoms with Gasteiger partial charge in [-0.15, -0.1) is 0 Å². The predicted molar refractivity (Wildman–Crippen MR) is 105 cm³/mol. The summed E-state index contributed by atoms with van der Waals surface area (Å²) in [5.41, 5.74) is 6.80. The molecule has 166 valence electrons. The molecule has 1 aliphatic rings. The number of pyridine rings is 1. The second kappa shape index (κ2) is 8.88. The van der Waals surface area contributed by atoms with E-state index in [4.69, 9.17) is 27.2 Å². The molecular formula is C19H17ClF4N4O3. The van der Waals surface area contributed by atoms with E-state index < -0.39 is 23.5 Å². The lowest BCUT2D eigenvalue weighted by Crippen LogP contribution is -2.47. The Morgan fingerprint density at radius 2 is 1.94 bits per heavy atom. The summed E-state index contributed by atoms with van der Waals surface area (Å²) < 4.78 is 45.8. The molecule has 1 aromatic heterocycles. The minimum atomic E-state index is -5.08. The molecule has 0 bridgehead atoms. The maximum Gasteiger partial charge on any atom is 0.490 e. The Bertz CT molecular complexity index is 1050. The molecule has 0 saturated carbocycles. The minimum absolute atomic E-state index is 0.117. The van der Waals surface area contributed by atoms with E-state index in [2.05, 4.69) is 9.98 Å². The molecule has 1 unspecified atom stereocenters. The van der Waals surface area contributed by atoms with Crippen molar-refractivity contribution >= 4 is 29.4 Å². The molecule has 2 aromatic rings. The zero-order valence-electron chi connectivity index (χ0n) is 16.2. The number of carbonyl (C=O) groups is 2. The lowest BCUT2D eigenvalue weighted by Gasteiger charge is -2.33. The average Bonchev–Trinajstić information content (AvgIpc) is 2.68. The number of alkyl halides is 3. The van der Waals surface area contributed by atoms with Gasteiger partial charge in [0.05, 0.1) is 18.2 Å². The van der Waals surface area contributed by atoms with Crippen LogP contribution in [0.15, 0.2) is 41.5 Å². The van der Waals surface area contributed by atoms with Crippen LogP contribution in [0.25, 0.3) is 11.1 Å². The van der Waals surface area contributed by atoms with Gasteiger partial charge >= 0.3 is 12.1 Å². The highest BCUT2D eigenvalue weighted by Crippen LogP contribution is 2.35. The van der Waals surface area contributed by atoms with E-state index >= 15 is 0 Å². The molecule has 3 rings (SSSR count). The third kappa shape index (κ3) is 5.69. The number of aliphatic carboxylic acids is 1. The topological polar surface area (TPSA) is 109 Å². The van der Waals surface area contributed by atoms with Crippen LogP contribution in [0.3, 0.4) is 0 Å². The Hall–Kier alpha value is -3.21. The second-order valence-corrected chi connectivity index (χ2v) is 7.13. The Kier molecular flexibility index (Phi) is 6.89. The number of benzene rings is 1. The van der Waals surface area contributed by atoms with E-state index in [0.29, 0.717) is 11.1 Å². The molecule has 12 heteroatoms. The van der Waals surface area contributed by atoms with E-state index in [9.17, 15) is 22.4 Å². The van der Waals surface area contributed by atoms with Crippen molar-refractivity contribution in [3.8, 4) is 11.1 Å². The normalized spacial score (nSPS) is 18.7. The van der Waals surface area contributed by atoms with Crippen LogP contribution in [0, 0.1) is 5.82 Å². The first-order valence-corrected chi connectivity index (χ1v) is 8.96. The van der Waals surface area contributed by atoms with Gasteiger partial charge in [-0.1, -0.05) is 29.8 Å². The summed E-state index contributed by atoms with van der Waals surface area (Å²) in [7, 11) is 1.59. The van der Waals surface area contributed by atoms with Crippen molar-refractivity contribution in [2.75, 3.05) is 7.05 Å². The van der Waals surface area contributed by atoms with Crippen molar-refractivity contribution in [2.24, 2.45) is 10.7 Å². The van der Waals surface area contributed by atoms with Gasteiger partial charge in [0.2, 0.25) is 5.91 Å². The number of aliphatic imine (C=N–C) groups is 1. The Morgan fingerprint density at radius 1 is 1.32 bits per heavy atom. The fourth-order valence-corrected chi connectivity index (χ4v) is 2.89. The molecule has 31 heavy (non-hydrogen) atoms. The molecule has 0 radical (unpaired) electrons. The van der Waals surface area contributed by atoms with E-state index in [0.717, 1.165) is 11.8 Å². The van der Waals surface area contributed by atoms with Gasteiger partial charge in [-0.05, 0) is 30.2 Å². The number of hydrogen-bond donors (Lipinski definition) is 2. The molecule has 1 atom stereocenters. The molecule has 1 aromatic carbocycles. The molecule has 1 amide bonds. The van der Waals surface area contributed by atoms with Gasteiger partial charge in [0.25, 0.3) is 0 Å². The number of carboxylic acid groups (broad SMARTS) is 1. The molecule has 0 spiro atoms. The van der Waals surface area contributed by atoms with Crippen LogP contribution >= 0.6 is 11.6 Å². The number of rotatable bonds is 2. The molecule has 3 N–H and O–H groups in total. The van der Waals surface area contributed by atoms with E-state index in [1.54, 1.807) is 25.2 Å². The smallest absolute Gasteiger partial charge is 0.475 e. The van der Waals surface area contributed by atoms with Crippen LogP contribution < -0.4 is 5.73 Å². The SMILES string of the molecule is CN1C(=O)CC(C)(c2cccc(-c3cc(Cl)ncc3F)c2)N=C1N.O=C(O)C(F)(F)F. The van der Waals surface area contributed by atoms with Crippen molar-refractivity contribution in [2.45, 2.75) is 25.1 Å². The standard InChI is InChI=1S/C17H16ClFN4O.C2HF3O2/c1-17(8-15(24)23(2)16(20)22-17)11-5-3-4-10(6-11)12-7-14(18)21-9-13(12)19;3-2(4,5)1(6)7/h3-7,9H,8H2,1-2H3,(H2,20,22);(H,6,7). The summed E-state index contributed by atoms with van der Waals surface area (Å²) in [5.74, 6) is -3.18. The van der Waals surface area contributed by atoms with Gasteiger partial charge in [0, 0.05) is 12.6 Å². The second-order valence-electron chi connectivity index (χ2n) is 6.74. The van der Waals surface area contributed by atoms with Crippen molar-refractivity contribution in [3.05, 3.63) is 53.1 Å². The number of carboxylic acids is 1. The maximum atomic E-state index is 14.1. The molecule has 0 fully saturated rings. The average molecular weight is 461 g/mol. The third-order valence-electron chi connectivity index (χ3n) is 4.43. The number of carbonyl (C=O) groups excluding carboxylic acids is 1. The lowest BCUT2D eigenvalue weighted by atomic mass is 9.86. The van der Waals surface area contributed by atoms with Gasteiger partial charge in [-0.3, -0.25) is 9.69 Å². The highest BCUT2D eigenvalue weighted by atomic mass is 35.5. The molecule has 7 nitrogen and oxygen atoms in total. The summed E-state index contributed by atoms with van der Waals surface area (Å²) in [6.07, 6.45) is -3.81. The van der Waals surface area contributed by atoms with Crippen LogP contribution in [0.1, 0.15) is 18.9 Å². The maximum absolute atomic E-state index is 14.1. The first-order chi connectivity index (χ1) is 14.2. The van der Waals surface area contributed by atoms with Crippen LogP contribution in [0.4, 0.5) is 17.6 Å². The van der Waals surface area contributed by atoms with Gasteiger partial charge < -0.3 is 10.8 Å². The number of nitrogens with two attached hydrogens (primary N) is 1. The fraction of sp³-hybridized carbons (Fsp3) is 0.263. The zero-order chi connectivity index (χ0) is 23.6. The number of hydrogen-bond acceptors (Lipinski definition) is 5. The molecular weight excluding hydrogens is 444 g/mol. The van der Waals surface area contributed by atoms with Crippen molar-refractivity contribution < 1.29 is 32.3 Å². The highest BCUT2D eigenvalue weighted by Gasteiger charge is 2.38. The van der Waals surface area contributed by atoms with E-state index in [1.807, 2.05) is 13.0 Å². The predicted octanol–water partition coefficient (Wildman–Crippen LogP) is 3.57. The molecule has 0 saturated heterocycles. The number of nitrogens with zero attached hydrogens (tertiary/aromatic N) is 3. The third-order valence-corrected chi connectivity index (χ3v) is 4.64. The largest absolute Gasteiger partial charge is 0.490 e. The molecule has 1 aliphatic heterocycles. The quantitative estimate of drug-likeness (QED) is 0.526. The minimum Gasteiger partial charge on any atom is -0.475 e. The Balaban J connectivity index is 0.000000423. The van der Waals surface area contributed by atoms with Crippen molar-refractivity contribution in [1.82, 2.24) is 9.88 Å². The Labute approximate surface area is 179 Å². The summed E-state index contributed by atoms with van der Waals surface area (Å²) in [6.45, 7) is 1.83. The van der Waals surface area contributed by atoms with E-state index in [1.165, 1.54) is 11.0 Å². The number of amides is 1. The van der Waals surface area contributed by atoms with Crippen LogP contribution in [0.2, 0.25) is 5.15 Å². The highest BCUT2D eigenvalue weighted by molar-refractivity contribution is 6.29. The number of guanidine groups is 1. The summed E-state index contributed by atoms with van der Waals surface area (Å²) >= 11 is 5.87. The first kappa shape index (κ1) is 24.1. The molecule has 2 heterocycles. The van der Waals surface area contributed by atoms with E-state index in [-0.39, 0.29) is 23.4 Å². The van der Waals surface area contributed by atoms with Crippen LogP contribution in [-0.2, 0) is 15.1 Å². The lowest BCUT2D eigenvalue weighted by molar-refractivity contribution is -0.192. The summed E-state index contributed by atoms with van der Waals surface area (Å²) in [6, 6.07) is 8.67. The van der Waals surface area contributed by atoms with Crippen LogP contribution in [-0.4, -0.2) is 46.1 Å². The fourth-order valence-electron chi connectivity index (χ4n) is 2.73. The number of halogens is 5. The van der Waals surface area contributed by atoms with Gasteiger partial charge in [0.15, 0.2) is 5.96 Å². The van der Waals surface area contributed by atoms with Gasteiger partial charge in [0.1, 0.15) is 11.0 Å². The van der Waals surface area contributed by atoms with Gasteiger partial charge in [-0.25, -0.2) is 19.2 Å². The van der Waals surface area contributed by atoms with Gasteiger partial charge in [-0.2, -0.15) is 13.2 Å².